The third-order valence-corrected chi connectivity index (χ3v) is 5.52. The molecule has 3 rings (SSSR count). The molecule has 0 bridgehead atoms. The van der Waals surface area contributed by atoms with E-state index in [0.29, 0.717) is 34.3 Å². The van der Waals surface area contributed by atoms with Crippen molar-refractivity contribution >= 4 is 29.1 Å². The predicted octanol–water partition coefficient (Wildman–Crippen LogP) is 4.45. The summed E-state index contributed by atoms with van der Waals surface area (Å²) in [5, 5.41) is 11.6. The highest BCUT2D eigenvalue weighted by Crippen LogP contribution is 2.42. The van der Waals surface area contributed by atoms with Crippen molar-refractivity contribution in [2.75, 3.05) is 34.0 Å². The summed E-state index contributed by atoms with van der Waals surface area (Å²) >= 11 is 5.96. The van der Waals surface area contributed by atoms with Crippen molar-refractivity contribution in [1.29, 1.82) is 0 Å². The Morgan fingerprint density at radius 2 is 1.79 bits per heavy atom. The summed E-state index contributed by atoms with van der Waals surface area (Å²) in [5.74, 6) is -0.415. The van der Waals surface area contributed by atoms with E-state index in [0.717, 1.165) is 0 Å². The SMILES string of the molecule is COCCN1C(=O)C(=O)/C(=C(\O)c2ccc(Cl)cc2)C1c1ccc(OC)c(OCC(C)C)c1. The van der Waals surface area contributed by atoms with Gasteiger partial charge in [0, 0.05) is 24.2 Å². The van der Waals surface area contributed by atoms with Gasteiger partial charge in [-0.15, -0.1) is 0 Å². The summed E-state index contributed by atoms with van der Waals surface area (Å²) in [6.07, 6.45) is 0. The summed E-state index contributed by atoms with van der Waals surface area (Å²) in [6.45, 7) is 4.94. The van der Waals surface area contributed by atoms with E-state index in [1.807, 2.05) is 13.8 Å². The average molecular weight is 474 g/mol. The van der Waals surface area contributed by atoms with Crippen molar-refractivity contribution in [1.82, 2.24) is 4.90 Å². The summed E-state index contributed by atoms with van der Waals surface area (Å²) < 4.78 is 16.5. The first-order valence-corrected chi connectivity index (χ1v) is 11.0. The number of carbonyl (C=O) groups is 2. The van der Waals surface area contributed by atoms with Crippen molar-refractivity contribution in [2.24, 2.45) is 5.92 Å². The van der Waals surface area contributed by atoms with Gasteiger partial charge in [-0.2, -0.15) is 0 Å². The number of nitrogens with zero attached hydrogens (tertiary/aromatic N) is 1. The third kappa shape index (κ3) is 5.31. The van der Waals surface area contributed by atoms with Gasteiger partial charge >= 0.3 is 0 Å². The molecular formula is C25H28ClNO6. The zero-order valence-electron chi connectivity index (χ0n) is 19.1. The van der Waals surface area contributed by atoms with Crippen LogP contribution >= 0.6 is 11.6 Å². The number of benzene rings is 2. The zero-order chi connectivity index (χ0) is 24.1. The standard InChI is InChI=1S/C25H28ClNO6/c1-15(2)14-33-20-13-17(7-10-19(20)32-4)22-21(23(28)16-5-8-18(26)9-6-16)24(29)25(30)27(22)11-12-31-3/h5-10,13,15,22,28H,11-12,14H2,1-4H3/b23-21-. The Morgan fingerprint density at radius 3 is 2.39 bits per heavy atom. The Kier molecular flexibility index (Phi) is 8.00. The number of Topliss-reactive ketones (excluding diaryl/α,β-unsaturated/α-hetero) is 1. The van der Waals surface area contributed by atoms with Crippen LogP contribution in [0.2, 0.25) is 5.02 Å². The van der Waals surface area contributed by atoms with E-state index in [4.69, 9.17) is 25.8 Å². The van der Waals surface area contributed by atoms with Crippen LogP contribution in [0.5, 0.6) is 11.5 Å². The van der Waals surface area contributed by atoms with Crippen molar-refractivity contribution < 1.29 is 28.9 Å². The molecule has 1 saturated heterocycles. The van der Waals surface area contributed by atoms with Gasteiger partial charge in [-0.3, -0.25) is 9.59 Å². The lowest BCUT2D eigenvalue weighted by molar-refractivity contribution is -0.140. The molecule has 1 fully saturated rings. The number of aliphatic hydroxyl groups excluding tert-OH is 1. The molecule has 0 radical (unpaired) electrons. The molecule has 1 unspecified atom stereocenters. The number of ether oxygens (including phenoxy) is 3. The predicted molar refractivity (Wildman–Crippen MR) is 126 cm³/mol. The minimum Gasteiger partial charge on any atom is -0.507 e. The van der Waals surface area contributed by atoms with Gasteiger partial charge in [-0.25, -0.2) is 0 Å². The molecule has 1 aliphatic rings. The molecule has 1 heterocycles. The molecule has 1 N–H and O–H groups in total. The number of ketones is 1. The molecule has 1 atom stereocenters. The fourth-order valence-electron chi connectivity index (χ4n) is 3.64. The Hall–Kier alpha value is -3.03. The average Bonchev–Trinajstić information content (AvgIpc) is 3.06. The number of hydrogen-bond donors (Lipinski definition) is 1. The van der Waals surface area contributed by atoms with Gasteiger partial charge in [-0.1, -0.05) is 31.5 Å². The smallest absolute Gasteiger partial charge is 0.295 e. The van der Waals surface area contributed by atoms with Crippen molar-refractivity contribution in [3.05, 3.63) is 64.2 Å². The Bertz CT molecular complexity index is 1050. The highest BCUT2D eigenvalue weighted by Gasteiger charge is 2.46. The zero-order valence-corrected chi connectivity index (χ0v) is 19.9. The second-order valence-corrected chi connectivity index (χ2v) is 8.54. The van der Waals surface area contributed by atoms with Gasteiger partial charge < -0.3 is 24.2 Å². The van der Waals surface area contributed by atoms with Gasteiger partial charge in [0.15, 0.2) is 11.5 Å². The molecular weight excluding hydrogens is 446 g/mol. The van der Waals surface area contributed by atoms with Crippen LogP contribution in [0.25, 0.3) is 5.76 Å². The lowest BCUT2D eigenvalue weighted by Gasteiger charge is -2.26. The van der Waals surface area contributed by atoms with E-state index in [1.54, 1.807) is 49.6 Å². The van der Waals surface area contributed by atoms with Crippen LogP contribution in [0.15, 0.2) is 48.0 Å². The molecule has 1 amide bonds. The molecule has 0 aliphatic carbocycles. The topological polar surface area (TPSA) is 85.3 Å². The fourth-order valence-corrected chi connectivity index (χ4v) is 3.77. The van der Waals surface area contributed by atoms with E-state index >= 15 is 0 Å². The third-order valence-electron chi connectivity index (χ3n) is 5.27. The van der Waals surface area contributed by atoms with Gasteiger partial charge in [0.2, 0.25) is 0 Å². The number of carbonyl (C=O) groups excluding carboxylic acids is 2. The van der Waals surface area contributed by atoms with Crippen molar-refractivity contribution in [3.63, 3.8) is 0 Å². The van der Waals surface area contributed by atoms with Crippen LogP contribution in [0, 0.1) is 5.92 Å². The first-order chi connectivity index (χ1) is 15.8. The van der Waals surface area contributed by atoms with Crippen LogP contribution in [0.3, 0.4) is 0 Å². The van der Waals surface area contributed by atoms with E-state index in [2.05, 4.69) is 0 Å². The lowest BCUT2D eigenvalue weighted by Crippen LogP contribution is -2.32. The van der Waals surface area contributed by atoms with E-state index < -0.39 is 17.7 Å². The second kappa shape index (κ2) is 10.7. The minimum atomic E-state index is -0.817. The molecule has 2 aromatic rings. The summed E-state index contributed by atoms with van der Waals surface area (Å²) in [6, 6.07) is 10.8. The molecule has 0 aromatic heterocycles. The largest absolute Gasteiger partial charge is 0.507 e. The number of halogens is 1. The van der Waals surface area contributed by atoms with Crippen LogP contribution < -0.4 is 9.47 Å². The number of likely N-dealkylation sites (tertiary alicyclic amines) is 1. The lowest BCUT2D eigenvalue weighted by atomic mass is 9.95. The molecule has 33 heavy (non-hydrogen) atoms. The molecule has 176 valence electrons. The summed E-state index contributed by atoms with van der Waals surface area (Å²) in [4.78, 5) is 27.4. The highest BCUT2D eigenvalue weighted by atomic mass is 35.5. The minimum absolute atomic E-state index is 0.00148. The van der Waals surface area contributed by atoms with Crippen LogP contribution in [0.1, 0.15) is 31.0 Å². The van der Waals surface area contributed by atoms with Gasteiger partial charge in [0.05, 0.1) is 31.9 Å². The maximum absolute atomic E-state index is 13.0. The number of methoxy groups -OCH3 is 2. The van der Waals surface area contributed by atoms with Crippen LogP contribution in [-0.4, -0.2) is 55.7 Å². The summed E-state index contributed by atoms with van der Waals surface area (Å²) in [7, 11) is 3.06. The second-order valence-electron chi connectivity index (χ2n) is 8.11. The Balaban J connectivity index is 2.15. The van der Waals surface area contributed by atoms with Crippen LogP contribution in [0.4, 0.5) is 0 Å². The number of hydrogen-bond acceptors (Lipinski definition) is 6. The maximum atomic E-state index is 13.0. The first-order valence-electron chi connectivity index (χ1n) is 10.6. The normalized spacial score (nSPS) is 17.6. The summed E-state index contributed by atoms with van der Waals surface area (Å²) in [5.41, 5.74) is 0.998. The molecule has 1 aliphatic heterocycles. The van der Waals surface area contributed by atoms with Gasteiger partial charge in [0.1, 0.15) is 5.76 Å². The number of rotatable bonds is 9. The first kappa shape index (κ1) is 24.6. The van der Waals surface area contributed by atoms with Crippen molar-refractivity contribution in [2.45, 2.75) is 19.9 Å². The monoisotopic (exact) mass is 473 g/mol. The molecule has 0 saturated carbocycles. The van der Waals surface area contributed by atoms with Gasteiger partial charge in [-0.05, 0) is 47.9 Å². The van der Waals surface area contributed by atoms with E-state index in [9.17, 15) is 14.7 Å². The quantitative estimate of drug-likeness (QED) is 0.329. The number of amides is 1. The van der Waals surface area contributed by atoms with E-state index in [-0.39, 0.29) is 30.4 Å². The van der Waals surface area contributed by atoms with Crippen LogP contribution in [-0.2, 0) is 14.3 Å². The molecule has 0 spiro atoms. The van der Waals surface area contributed by atoms with E-state index in [1.165, 1.54) is 12.0 Å². The molecule has 2 aromatic carbocycles. The maximum Gasteiger partial charge on any atom is 0.295 e. The molecule has 8 heteroatoms. The Morgan fingerprint density at radius 1 is 1.09 bits per heavy atom. The molecule has 7 nitrogen and oxygen atoms in total. The Labute approximate surface area is 198 Å². The highest BCUT2D eigenvalue weighted by molar-refractivity contribution is 6.46. The van der Waals surface area contributed by atoms with Gasteiger partial charge in [0.25, 0.3) is 11.7 Å². The fraction of sp³-hybridized carbons (Fsp3) is 0.360. The van der Waals surface area contributed by atoms with Crippen molar-refractivity contribution in [3.8, 4) is 11.5 Å². The number of aliphatic hydroxyl groups is 1.